The lowest BCUT2D eigenvalue weighted by Gasteiger charge is -2.23. The van der Waals surface area contributed by atoms with Gasteiger partial charge in [0.05, 0.1) is 11.0 Å². The molecule has 0 aromatic heterocycles. The minimum absolute atomic E-state index is 0.165. The van der Waals surface area contributed by atoms with Crippen molar-refractivity contribution in [2.24, 2.45) is 11.3 Å². The molecule has 2 unspecified atom stereocenters. The molecular weight excluding hydrogens is 323 g/mol. The van der Waals surface area contributed by atoms with Gasteiger partial charge in [0.2, 0.25) is 5.91 Å². The van der Waals surface area contributed by atoms with E-state index in [1.54, 1.807) is 13.8 Å². The number of amides is 1. The van der Waals surface area contributed by atoms with E-state index in [2.05, 4.69) is 0 Å². The summed E-state index contributed by atoms with van der Waals surface area (Å²) in [6, 6.07) is 4.75. The number of alkyl halides is 3. The number of carbonyl (C=O) groups excluding carboxylic acids is 1. The summed E-state index contributed by atoms with van der Waals surface area (Å²) in [5.74, 6) is -1.51. The summed E-state index contributed by atoms with van der Waals surface area (Å²) in [5.41, 5.74) is -1.00. The number of rotatable bonds is 4. The Labute approximate surface area is 138 Å². The van der Waals surface area contributed by atoms with Crippen molar-refractivity contribution in [2.75, 3.05) is 13.1 Å². The first-order chi connectivity index (χ1) is 11.0. The Morgan fingerprint density at radius 1 is 1.29 bits per heavy atom. The number of carbonyl (C=O) groups is 2. The largest absolute Gasteiger partial charge is 0.481 e. The molecule has 2 atom stereocenters. The number of hydrogen-bond donors (Lipinski definition) is 1. The van der Waals surface area contributed by atoms with Gasteiger partial charge < -0.3 is 10.0 Å². The number of halogens is 3. The number of likely N-dealkylation sites (tertiary alicyclic amines) is 1. The van der Waals surface area contributed by atoms with Gasteiger partial charge in [-0.3, -0.25) is 9.59 Å². The maximum Gasteiger partial charge on any atom is 0.416 e. The van der Waals surface area contributed by atoms with E-state index in [4.69, 9.17) is 0 Å². The normalized spacial score (nSPS) is 22.5. The van der Waals surface area contributed by atoms with Crippen molar-refractivity contribution in [2.45, 2.75) is 32.9 Å². The van der Waals surface area contributed by atoms with Crippen molar-refractivity contribution >= 4 is 11.9 Å². The topological polar surface area (TPSA) is 57.6 Å². The Balaban J connectivity index is 1.99. The molecule has 1 aromatic carbocycles. The molecule has 4 nitrogen and oxygen atoms in total. The molecule has 24 heavy (non-hydrogen) atoms. The summed E-state index contributed by atoms with van der Waals surface area (Å²) in [5, 5.41) is 9.21. The van der Waals surface area contributed by atoms with Crippen LogP contribution in [0.15, 0.2) is 24.3 Å². The fourth-order valence-electron chi connectivity index (χ4n) is 2.91. The van der Waals surface area contributed by atoms with Crippen molar-refractivity contribution in [3.05, 3.63) is 35.4 Å². The summed E-state index contributed by atoms with van der Waals surface area (Å²) < 4.78 is 37.6. The highest BCUT2D eigenvalue weighted by Gasteiger charge is 2.42. The lowest BCUT2D eigenvalue weighted by atomic mass is 9.90. The number of benzene rings is 1. The molecule has 7 heteroatoms. The highest BCUT2D eigenvalue weighted by atomic mass is 19.4. The summed E-state index contributed by atoms with van der Waals surface area (Å²) in [4.78, 5) is 25.2. The molecule has 1 N–H and O–H groups in total. The number of hydrogen-bond acceptors (Lipinski definition) is 2. The molecule has 0 aliphatic carbocycles. The zero-order valence-electron chi connectivity index (χ0n) is 13.6. The molecule has 1 saturated heterocycles. The van der Waals surface area contributed by atoms with Crippen LogP contribution in [-0.2, 0) is 22.2 Å². The van der Waals surface area contributed by atoms with Crippen LogP contribution in [0.25, 0.3) is 0 Å². The van der Waals surface area contributed by atoms with E-state index in [0.29, 0.717) is 24.9 Å². The van der Waals surface area contributed by atoms with Gasteiger partial charge in [0.15, 0.2) is 0 Å². The van der Waals surface area contributed by atoms with Gasteiger partial charge >= 0.3 is 12.1 Å². The first kappa shape index (κ1) is 18.3. The summed E-state index contributed by atoms with van der Waals surface area (Å²) >= 11 is 0. The van der Waals surface area contributed by atoms with Crippen LogP contribution in [0.3, 0.4) is 0 Å². The molecule has 1 aromatic rings. The third kappa shape index (κ3) is 3.88. The summed E-state index contributed by atoms with van der Waals surface area (Å²) in [6.07, 6.45) is -3.66. The monoisotopic (exact) mass is 343 g/mol. The molecular formula is C17H20F3NO3. The van der Waals surface area contributed by atoms with Crippen LogP contribution in [0.2, 0.25) is 0 Å². The maximum atomic E-state index is 12.5. The van der Waals surface area contributed by atoms with E-state index in [-0.39, 0.29) is 12.5 Å². The Morgan fingerprint density at radius 2 is 1.88 bits per heavy atom. The fourth-order valence-corrected chi connectivity index (χ4v) is 2.91. The maximum absolute atomic E-state index is 12.5. The number of nitrogens with zero attached hydrogens (tertiary/aromatic N) is 1. The lowest BCUT2D eigenvalue weighted by Crippen LogP contribution is -2.37. The first-order valence-corrected chi connectivity index (χ1v) is 7.71. The van der Waals surface area contributed by atoms with Crippen molar-refractivity contribution in [3.8, 4) is 0 Å². The van der Waals surface area contributed by atoms with Crippen LogP contribution >= 0.6 is 0 Å². The standard InChI is InChI=1S/C17H20F3NO3/c1-11(9-12-3-5-13(6-4-12)17(18,19)20)14(22)21-8-7-16(2,10-21)15(23)24/h3-6,11H,7-10H2,1-2H3,(H,23,24). The third-order valence-corrected chi connectivity index (χ3v) is 4.55. The van der Waals surface area contributed by atoms with Crippen LogP contribution in [0.5, 0.6) is 0 Å². The Kier molecular flexibility index (Phi) is 4.92. The van der Waals surface area contributed by atoms with Gasteiger partial charge in [-0.1, -0.05) is 19.1 Å². The Hall–Kier alpha value is -2.05. The molecule has 1 heterocycles. The molecule has 0 radical (unpaired) electrons. The van der Waals surface area contributed by atoms with E-state index < -0.39 is 29.0 Å². The lowest BCUT2D eigenvalue weighted by molar-refractivity contribution is -0.147. The van der Waals surface area contributed by atoms with Crippen LogP contribution in [0.4, 0.5) is 13.2 Å². The average molecular weight is 343 g/mol. The van der Waals surface area contributed by atoms with Crippen LogP contribution < -0.4 is 0 Å². The van der Waals surface area contributed by atoms with Gasteiger partial charge in [-0.15, -0.1) is 0 Å². The highest BCUT2D eigenvalue weighted by molar-refractivity contribution is 5.82. The van der Waals surface area contributed by atoms with Gasteiger partial charge in [0.1, 0.15) is 0 Å². The summed E-state index contributed by atoms with van der Waals surface area (Å²) in [7, 11) is 0. The van der Waals surface area contributed by atoms with Crippen LogP contribution in [-0.4, -0.2) is 35.0 Å². The van der Waals surface area contributed by atoms with E-state index in [1.165, 1.54) is 17.0 Å². The van der Waals surface area contributed by atoms with Crippen LogP contribution in [0.1, 0.15) is 31.4 Å². The zero-order chi connectivity index (χ0) is 18.1. The van der Waals surface area contributed by atoms with E-state index >= 15 is 0 Å². The third-order valence-electron chi connectivity index (χ3n) is 4.55. The number of carboxylic acids is 1. The Morgan fingerprint density at radius 3 is 2.33 bits per heavy atom. The van der Waals surface area contributed by atoms with Gasteiger partial charge in [-0.05, 0) is 37.5 Å². The van der Waals surface area contributed by atoms with Crippen molar-refractivity contribution in [1.82, 2.24) is 4.90 Å². The Bertz CT molecular complexity index is 627. The van der Waals surface area contributed by atoms with Crippen molar-refractivity contribution in [1.29, 1.82) is 0 Å². The summed E-state index contributed by atoms with van der Waals surface area (Å²) in [6.45, 7) is 3.87. The SMILES string of the molecule is CC(Cc1ccc(C(F)(F)F)cc1)C(=O)N1CCC(C)(C(=O)O)C1. The minimum atomic E-state index is -4.38. The first-order valence-electron chi connectivity index (χ1n) is 7.71. The number of carboxylic acid groups (broad SMARTS) is 1. The van der Waals surface area contributed by atoms with Crippen LogP contribution in [0, 0.1) is 11.3 Å². The van der Waals surface area contributed by atoms with Gasteiger partial charge in [0.25, 0.3) is 0 Å². The van der Waals surface area contributed by atoms with Crippen molar-refractivity contribution in [3.63, 3.8) is 0 Å². The predicted octanol–water partition coefficient (Wildman–Crippen LogP) is 3.21. The molecule has 132 valence electrons. The minimum Gasteiger partial charge on any atom is -0.481 e. The molecule has 1 aliphatic rings. The second kappa shape index (κ2) is 6.45. The molecule has 2 rings (SSSR count). The molecule has 1 aliphatic heterocycles. The zero-order valence-corrected chi connectivity index (χ0v) is 13.6. The fraction of sp³-hybridized carbons (Fsp3) is 0.529. The van der Waals surface area contributed by atoms with Crippen molar-refractivity contribution < 1.29 is 27.9 Å². The predicted molar refractivity (Wildman–Crippen MR) is 81.3 cm³/mol. The highest BCUT2D eigenvalue weighted by Crippen LogP contribution is 2.32. The molecule has 0 spiro atoms. The van der Waals surface area contributed by atoms with E-state index in [0.717, 1.165) is 12.1 Å². The number of aliphatic carboxylic acids is 1. The quantitative estimate of drug-likeness (QED) is 0.913. The average Bonchev–Trinajstić information content (AvgIpc) is 2.90. The second-order valence-corrected chi connectivity index (χ2v) is 6.68. The smallest absolute Gasteiger partial charge is 0.416 e. The van der Waals surface area contributed by atoms with Gasteiger partial charge in [-0.25, -0.2) is 0 Å². The molecule has 1 fully saturated rings. The molecule has 0 bridgehead atoms. The van der Waals surface area contributed by atoms with Gasteiger partial charge in [-0.2, -0.15) is 13.2 Å². The van der Waals surface area contributed by atoms with E-state index in [1.807, 2.05) is 0 Å². The second-order valence-electron chi connectivity index (χ2n) is 6.68. The molecule has 1 amide bonds. The van der Waals surface area contributed by atoms with Gasteiger partial charge in [0, 0.05) is 19.0 Å². The van der Waals surface area contributed by atoms with E-state index in [9.17, 15) is 27.9 Å². The molecule has 0 saturated carbocycles.